The van der Waals surface area contributed by atoms with Crippen molar-refractivity contribution < 1.29 is 23.8 Å². The number of benzene rings is 2. The van der Waals surface area contributed by atoms with Crippen LogP contribution in [0.3, 0.4) is 0 Å². The number of amides is 1. The molecule has 0 aliphatic carbocycles. The summed E-state index contributed by atoms with van der Waals surface area (Å²) in [7, 11) is 1.42. The van der Waals surface area contributed by atoms with E-state index in [4.69, 9.17) is 25.8 Å². The van der Waals surface area contributed by atoms with Crippen LogP contribution < -0.4 is 14.8 Å². The highest BCUT2D eigenvalue weighted by molar-refractivity contribution is 6.34. The molecular weight excluding hydrogens is 406 g/mol. The number of hydrogen-bond acceptors (Lipinski definition) is 5. The Bertz CT molecular complexity index is 934. The van der Waals surface area contributed by atoms with Gasteiger partial charge in [0, 0.05) is 6.07 Å². The van der Waals surface area contributed by atoms with Gasteiger partial charge in [0.2, 0.25) is 0 Å². The van der Waals surface area contributed by atoms with E-state index < -0.39 is 5.97 Å². The predicted octanol–water partition coefficient (Wildman–Crippen LogP) is 5.15. The number of nitrogens with one attached hydrogen (secondary N) is 1. The number of esters is 1. The van der Waals surface area contributed by atoms with Crippen molar-refractivity contribution in [3.8, 4) is 11.5 Å². The fourth-order valence-electron chi connectivity index (χ4n) is 2.87. The second kappa shape index (κ2) is 9.85. The number of rotatable bonds is 7. The minimum atomic E-state index is -0.549. The Morgan fingerprint density at radius 1 is 1.10 bits per heavy atom. The van der Waals surface area contributed by atoms with E-state index in [1.807, 2.05) is 19.1 Å². The van der Waals surface area contributed by atoms with Crippen LogP contribution in [0, 0.1) is 6.92 Å². The lowest BCUT2D eigenvalue weighted by atomic mass is 9.85. The number of carbonyl (C=O) groups is 2. The summed E-state index contributed by atoms with van der Waals surface area (Å²) in [5.74, 6) is -0.0259. The molecule has 0 heterocycles. The van der Waals surface area contributed by atoms with Gasteiger partial charge >= 0.3 is 5.97 Å². The van der Waals surface area contributed by atoms with E-state index in [9.17, 15) is 9.59 Å². The molecule has 0 saturated carbocycles. The Morgan fingerprint density at radius 3 is 2.40 bits per heavy atom. The highest BCUT2D eigenvalue weighted by Gasteiger charge is 2.21. The van der Waals surface area contributed by atoms with Crippen LogP contribution in [0.5, 0.6) is 11.5 Å². The summed E-state index contributed by atoms with van der Waals surface area (Å²) in [6.45, 7) is 10.0. The minimum Gasteiger partial charge on any atom is -0.496 e. The molecule has 0 saturated heterocycles. The third-order valence-electron chi connectivity index (χ3n) is 4.36. The van der Waals surface area contributed by atoms with E-state index in [2.05, 4.69) is 32.2 Å². The molecule has 0 aliphatic rings. The summed E-state index contributed by atoms with van der Waals surface area (Å²) in [6.07, 6.45) is 0. The highest BCUT2D eigenvalue weighted by atomic mass is 35.5. The summed E-state index contributed by atoms with van der Waals surface area (Å²) in [6, 6.07) is 8.76. The molecule has 0 fully saturated rings. The first-order chi connectivity index (χ1) is 14.1. The second-order valence-electron chi connectivity index (χ2n) is 7.84. The van der Waals surface area contributed by atoms with Gasteiger partial charge in [-0.2, -0.15) is 0 Å². The molecule has 0 aromatic heterocycles. The molecule has 0 unspecified atom stereocenters. The van der Waals surface area contributed by atoms with Gasteiger partial charge in [0.15, 0.2) is 6.61 Å². The average Bonchev–Trinajstić information content (AvgIpc) is 2.67. The maximum absolute atomic E-state index is 12.5. The Kier molecular flexibility index (Phi) is 7.73. The molecular formula is C23H28ClNO5. The van der Waals surface area contributed by atoms with Crippen molar-refractivity contribution in [3.05, 3.63) is 52.0 Å². The van der Waals surface area contributed by atoms with E-state index in [1.165, 1.54) is 19.2 Å². The van der Waals surface area contributed by atoms with Crippen LogP contribution in [0.1, 0.15) is 49.2 Å². The van der Waals surface area contributed by atoms with E-state index in [1.54, 1.807) is 6.92 Å². The largest absolute Gasteiger partial charge is 0.496 e. The Labute approximate surface area is 182 Å². The van der Waals surface area contributed by atoms with Gasteiger partial charge in [-0.3, -0.25) is 4.79 Å². The fraction of sp³-hybridized carbons (Fsp3) is 0.391. The van der Waals surface area contributed by atoms with Crippen molar-refractivity contribution in [2.24, 2.45) is 0 Å². The van der Waals surface area contributed by atoms with Crippen molar-refractivity contribution in [3.63, 3.8) is 0 Å². The van der Waals surface area contributed by atoms with E-state index >= 15 is 0 Å². The summed E-state index contributed by atoms with van der Waals surface area (Å²) in [5, 5.41) is 2.89. The third kappa shape index (κ3) is 5.89. The summed E-state index contributed by atoms with van der Waals surface area (Å²) < 4.78 is 16.0. The third-order valence-corrected chi connectivity index (χ3v) is 4.67. The Balaban J connectivity index is 2.15. The molecule has 7 heteroatoms. The zero-order valence-corrected chi connectivity index (χ0v) is 19.0. The van der Waals surface area contributed by atoms with Crippen molar-refractivity contribution in [1.82, 2.24) is 0 Å². The number of anilines is 1. The van der Waals surface area contributed by atoms with E-state index in [0.29, 0.717) is 11.4 Å². The molecule has 0 radical (unpaired) electrons. The maximum Gasteiger partial charge on any atom is 0.341 e. The lowest BCUT2D eigenvalue weighted by molar-refractivity contribution is -0.118. The zero-order chi connectivity index (χ0) is 22.5. The van der Waals surface area contributed by atoms with Gasteiger partial charge < -0.3 is 19.5 Å². The number of ether oxygens (including phenoxy) is 3. The fourth-order valence-corrected chi connectivity index (χ4v) is 3.08. The van der Waals surface area contributed by atoms with Crippen molar-refractivity contribution >= 4 is 29.2 Å². The van der Waals surface area contributed by atoms with Gasteiger partial charge in [0.05, 0.1) is 24.4 Å². The molecule has 2 aromatic rings. The molecule has 0 atom stereocenters. The van der Waals surface area contributed by atoms with Gasteiger partial charge in [-0.25, -0.2) is 4.79 Å². The molecule has 1 amide bonds. The van der Waals surface area contributed by atoms with Gasteiger partial charge in [-0.05, 0) is 37.0 Å². The van der Waals surface area contributed by atoms with Gasteiger partial charge in [0.25, 0.3) is 5.91 Å². The van der Waals surface area contributed by atoms with Crippen LogP contribution in [0.4, 0.5) is 5.69 Å². The number of hydrogen-bond donors (Lipinski definition) is 1. The van der Waals surface area contributed by atoms with Crippen molar-refractivity contribution in [1.29, 1.82) is 0 Å². The van der Waals surface area contributed by atoms with Gasteiger partial charge in [-0.15, -0.1) is 0 Å². The molecule has 1 N–H and O–H groups in total. The first-order valence-electron chi connectivity index (χ1n) is 9.65. The second-order valence-corrected chi connectivity index (χ2v) is 8.25. The van der Waals surface area contributed by atoms with Crippen LogP contribution in [-0.2, 0) is 14.9 Å². The zero-order valence-electron chi connectivity index (χ0n) is 18.2. The number of methoxy groups -OCH3 is 1. The molecule has 0 spiro atoms. The summed E-state index contributed by atoms with van der Waals surface area (Å²) in [4.78, 5) is 24.5. The molecule has 0 bridgehead atoms. The Hall–Kier alpha value is -2.73. The van der Waals surface area contributed by atoms with Gasteiger partial charge in [0.1, 0.15) is 17.1 Å². The average molecular weight is 434 g/mol. The van der Waals surface area contributed by atoms with Crippen LogP contribution in [0.2, 0.25) is 5.02 Å². The van der Waals surface area contributed by atoms with Crippen LogP contribution >= 0.6 is 11.6 Å². The smallest absolute Gasteiger partial charge is 0.341 e. The van der Waals surface area contributed by atoms with Crippen LogP contribution in [-0.4, -0.2) is 32.2 Å². The van der Waals surface area contributed by atoms with E-state index in [0.717, 1.165) is 11.1 Å². The number of carbonyl (C=O) groups excluding carboxylic acids is 2. The summed E-state index contributed by atoms with van der Waals surface area (Å²) in [5.41, 5.74) is 2.52. The normalized spacial score (nSPS) is 11.0. The monoisotopic (exact) mass is 433 g/mol. The lowest BCUT2D eigenvalue weighted by Gasteiger charge is -2.23. The number of aryl methyl sites for hydroxylation is 1. The minimum absolute atomic E-state index is 0.128. The molecule has 30 heavy (non-hydrogen) atoms. The topological polar surface area (TPSA) is 73.9 Å². The van der Waals surface area contributed by atoms with Crippen molar-refractivity contribution in [2.45, 2.75) is 40.0 Å². The first kappa shape index (κ1) is 23.5. The molecule has 2 rings (SSSR count). The van der Waals surface area contributed by atoms with Gasteiger partial charge in [-0.1, -0.05) is 50.1 Å². The van der Waals surface area contributed by atoms with Crippen LogP contribution in [0.15, 0.2) is 30.3 Å². The SMILES string of the molecule is CCOC(=O)c1cc(Cl)c(NC(=O)COc2ccc(C)cc2C(C)(C)C)cc1OC. The highest BCUT2D eigenvalue weighted by Crippen LogP contribution is 2.33. The predicted molar refractivity (Wildman–Crippen MR) is 118 cm³/mol. The summed E-state index contributed by atoms with van der Waals surface area (Å²) >= 11 is 6.25. The molecule has 6 nitrogen and oxygen atoms in total. The quantitative estimate of drug-likeness (QED) is 0.611. The number of halogens is 1. The Morgan fingerprint density at radius 2 is 1.80 bits per heavy atom. The molecule has 0 aliphatic heterocycles. The van der Waals surface area contributed by atoms with Crippen LogP contribution in [0.25, 0.3) is 0 Å². The maximum atomic E-state index is 12.5. The van der Waals surface area contributed by atoms with Crippen molar-refractivity contribution in [2.75, 3.05) is 25.6 Å². The van der Waals surface area contributed by atoms with E-state index in [-0.39, 0.29) is 40.9 Å². The lowest BCUT2D eigenvalue weighted by Crippen LogP contribution is -2.22. The first-order valence-corrected chi connectivity index (χ1v) is 10.0. The standard InChI is InChI=1S/C23H28ClNO5/c1-7-29-22(27)15-11-17(24)18(12-20(15)28-6)25-21(26)13-30-19-9-8-14(2)10-16(19)23(3,4)5/h8-12H,7,13H2,1-6H3,(H,25,26). The molecule has 2 aromatic carbocycles. The molecule has 162 valence electrons.